The van der Waals surface area contributed by atoms with E-state index in [4.69, 9.17) is 4.74 Å². The molecule has 0 radical (unpaired) electrons. The van der Waals surface area contributed by atoms with E-state index >= 15 is 0 Å². The third kappa shape index (κ3) is 4.77. The van der Waals surface area contributed by atoms with Gasteiger partial charge in [-0.25, -0.2) is 9.97 Å². The SMILES string of the molecule is CC(C)c1ncc(CNC[C@H]2CC[C@@H](Oc3ccccc3)[C@@H]2O)cn1. The Morgan fingerprint density at radius 3 is 2.56 bits per heavy atom. The topological polar surface area (TPSA) is 67.3 Å². The van der Waals surface area contributed by atoms with E-state index < -0.39 is 6.10 Å². The number of aromatic nitrogens is 2. The van der Waals surface area contributed by atoms with Gasteiger partial charge in [0.25, 0.3) is 0 Å². The number of para-hydroxylation sites is 1. The Labute approximate surface area is 149 Å². The Morgan fingerprint density at radius 1 is 1.16 bits per heavy atom. The van der Waals surface area contributed by atoms with Crippen LogP contribution in [0.3, 0.4) is 0 Å². The Hall–Kier alpha value is -1.98. The van der Waals surface area contributed by atoms with Crippen LogP contribution in [0.25, 0.3) is 0 Å². The minimum absolute atomic E-state index is 0.122. The summed E-state index contributed by atoms with van der Waals surface area (Å²) < 4.78 is 5.92. The van der Waals surface area contributed by atoms with Gasteiger partial charge >= 0.3 is 0 Å². The molecule has 0 unspecified atom stereocenters. The lowest BCUT2D eigenvalue weighted by molar-refractivity contribution is 0.0350. The average Bonchev–Trinajstić information content (AvgIpc) is 2.96. The van der Waals surface area contributed by atoms with Crippen molar-refractivity contribution in [1.29, 1.82) is 0 Å². The van der Waals surface area contributed by atoms with E-state index in [-0.39, 0.29) is 12.0 Å². The van der Waals surface area contributed by atoms with Gasteiger partial charge in [-0.05, 0) is 25.0 Å². The summed E-state index contributed by atoms with van der Waals surface area (Å²) in [5.74, 6) is 2.25. The van der Waals surface area contributed by atoms with Crippen molar-refractivity contribution in [2.75, 3.05) is 6.54 Å². The lowest BCUT2D eigenvalue weighted by atomic mass is 10.1. The van der Waals surface area contributed by atoms with Crippen LogP contribution in [0.15, 0.2) is 42.7 Å². The Bertz CT molecular complexity index is 646. The summed E-state index contributed by atoms with van der Waals surface area (Å²) >= 11 is 0. The van der Waals surface area contributed by atoms with Crippen LogP contribution in [0.4, 0.5) is 0 Å². The van der Waals surface area contributed by atoms with Gasteiger partial charge in [0.15, 0.2) is 0 Å². The standard InChI is InChI=1S/C20H27N3O2/c1-14(2)20-22-11-15(12-23-20)10-21-13-16-8-9-18(19(16)24)25-17-6-4-3-5-7-17/h3-7,11-12,14,16,18-19,21,24H,8-10,13H2,1-2H3/t16-,18-,19-/m1/s1. The van der Waals surface area contributed by atoms with E-state index in [1.807, 2.05) is 42.7 Å². The van der Waals surface area contributed by atoms with Gasteiger partial charge in [-0.3, -0.25) is 0 Å². The van der Waals surface area contributed by atoms with Crippen LogP contribution in [0.1, 0.15) is 44.0 Å². The normalized spacial score (nSPS) is 23.1. The number of hydrogen-bond acceptors (Lipinski definition) is 5. The van der Waals surface area contributed by atoms with Gasteiger partial charge in [-0.2, -0.15) is 0 Å². The third-order valence-corrected chi connectivity index (χ3v) is 4.69. The smallest absolute Gasteiger partial charge is 0.130 e. The molecule has 2 N–H and O–H groups in total. The van der Waals surface area contributed by atoms with E-state index in [9.17, 15) is 5.11 Å². The second-order valence-electron chi connectivity index (χ2n) is 7.03. The molecule has 5 heteroatoms. The summed E-state index contributed by atoms with van der Waals surface area (Å²) in [5, 5.41) is 13.9. The zero-order valence-corrected chi connectivity index (χ0v) is 14.9. The van der Waals surface area contributed by atoms with Gasteiger partial charge in [-0.15, -0.1) is 0 Å². The highest BCUT2D eigenvalue weighted by atomic mass is 16.5. The molecule has 0 saturated heterocycles. The molecule has 1 fully saturated rings. The monoisotopic (exact) mass is 341 g/mol. The molecular formula is C20H27N3O2. The first-order chi connectivity index (χ1) is 12.1. The molecule has 0 aliphatic heterocycles. The fourth-order valence-electron chi connectivity index (χ4n) is 3.20. The van der Waals surface area contributed by atoms with Crippen LogP contribution in [0.2, 0.25) is 0 Å². The molecule has 0 spiro atoms. The first kappa shape index (κ1) is 17.8. The van der Waals surface area contributed by atoms with Crippen LogP contribution < -0.4 is 10.1 Å². The van der Waals surface area contributed by atoms with Gasteiger partial charge in [0, 0.05) is 42.9 Å². The number of ether oxygens (including phenoxy) is 1. The van der Waals surface area contributed by atoms with Crippen molar-refractivity contribution in [2.24, 2.45) is 5.92 Å². The summed E-state index contributed by atoms with van der Waals surface area (Å²) in [7, 11) is 0. The number of aliphatic hydroxyl groups excluding tert-OH is 1. The summed E-state index contributed by atoms with van der Waals surface area (Å²) in [6, 6.07) is 9.71. The molecule has 3 atom stereocenters. The maximum absolute atomic E-state index is 10.5. The van der Waals surface area contributed by atoms with Gasteiger partial charge in [0.1, 0.15) is 17.7 Å². The number of nitrogens with zero attached hydrogens (tertiary/aromatic N) is 2. The number of nitrogens with one attached hydrogen (secondary N) is 1. The van der Waals surface area contributed by atoms with Crippen molar-refractivity contribution < 1.29 is 9.84 Å². The minimum Gasteiger partial charge on any atom is -0.488 e. The second-order valence-corrected chi connectivity index (χ2v) is 7.03. The van der Waals surface area contributed by atoms with Gasteiger partial charge in [0.05, 0.1) is 6.10 Å². The van der Waals surface area contributed by atoms with Gasteiger partial charge in [0.2, 0.25) is 0 Å². The lowest BCUT2D eigenvalue weighted by Crippen LogP contribution is -2.35. The number of aliphatic hydroxyl groups is 1. The summed E-state index contributed by atoms with van der Waals surface area (Å²) in [5.41, 5.74) is 1.06. The molecule has 2 aromatic rings. The molecule has 25 heavy (non-hydrogen) atoms. The predicted molar refractivity (Wildman–Crippen MR) is 97.4 cm³/mol. The largest absolute Gasteiger partial charge is 0.488 e. The van der Waals surface area contributed by atoms with Gasteiger partial charge < -0.3 is 15.2 Å². The van der Waals surface area contributed by atoms with Crippen molar-refractivity contribution in [3.8, 4) is 5.75 Å². The quantitative estimate of drug-likeness (QED) is 0.810. The van der Waals surface area contributed by atoms with Crippen LogP contribution in [-0.2, 0) is 6.54 Å². The molecule has 1 aromatic carbocycles. The van der Waals surface area contributed by atoms with Crippen LogP contribution >= 0.6 is 0 Å². The molecule has 1 aliphatic carbocycles. The van der Waals surface area contributed by atoms with E-state index in [0.29, 0.717) is 12.5 Å². The Morgan fingerprint density at radius 2 is 1.88 bits per heavy atom. The maximum atomic E-state index is 10.5. The van der Waals surface area contributed by atoms with E-state index in [1.165, 1.54) is 0 Å². The summed E-state index contributed by atoms with van der Waals surface area (Å²) in [6.07, 6.45) is 5.04. The third-order valence-electron chi connectivity index (χ3n) is 4.69. The highest BCUT2D eigenvalue weighted by Gasteiger charge is 2.35. The number of hydrogen-bond donors (Lipinski definition) is 2. The van der Waals surface area contributed by atoms with Crippen molar-refractivity contribution in [2.45, 2.75) is 51.4 Å². The lowest BCUT2D eigenvalue weighted by Gasteiger charge is -2.21. The minimum atomic E-state index is -0.438. The highest BCUT2D eigenvalue weighted by Crippen LogP contribution is 2.29. The maximum Gasteiger partial charge on any atom is 0.130 e. The Balaban J connectivity index is 1.44. The Kier molecular flexibility index (Phi) is 6.00. The average molecular weight is 341 g/mol. The molecule has 0 bridgehead atoms. The number of benzene rings is 1. The predicted octanol–water partition coefficient (Wildman–Crippen LogP) is 2.91. The van der Waals surface area contributed by atoms with Crippen molar-refractivity contribution in [3.63, 3.8) is 0 Å². The zero-order chi connectivity index (χ0) is 17.6. The van der Waals surface area contributed by atoms with Crippen LogP contribution in [0, 0.1) is 5.92 Å². The first-order valence-electron chi connectivity index (χ1n) is 9.05. The van der Waals surface area contributed by atoms with E-state index in [2.05, 4.69) is 29.1 Å². The highest BCUT2D eigenvalue weighted by molar-refractivity contribution is 5.21. The zero-order valence-electron chi connectivity index (χ0n) is 14.9. The molecule has 0 amide bonds. The van der Waals surface area contributed by atoms with Crippen molar-refractivity contribution >= 4 is 0 Å². The van der Waals surface area contributed by atoms with E-state index in [0.717, 1.165) is 36.5 Å². The summed E-state index contributed by atoms with van der Waals surface area (Å²) in [6.45, 7) is 5.65. The molecule has 134 valence electrons. The molecule has 1 aromatic heterocycles. The first-order valence-corrected chi connectivity index (χ1v) is 9.05. The number of rotatable bonds is 7. The van der Waals surface area contributed by atoms with Crippen LogP contribution in [0.5, 0.6) is 5.75 Å². The van der Waals surface area contributed by atoms with Crippen molar-refractivity contribution in [3.05, 3.63) is 54.1 Å². The summed E-state index contributed by atoms with van der Waals surface area (Å²) in [4.78, 5) is 8.76. The molecule has 3 rings (SSSR count). The molecule has 1 aliphatic rings. The van der Waals surface area contributed by atoms with E-state index in [1.54, 1.807) is 0 Å². The van der Waals surface area contributed by atoms with Crippen molar-refractivity contribution in [1.82, 2.24) is 15.3 Å². The fraction of sp³-hybridized carbons (Fsp3) is 0.500. The molecule has 1 heterocycles. The second kappa shape index (κ2) is 8.41. The fourth-order valence-corrected chi connectivity index (χ4v) is 3.20. The molecular weight excluding hydrogens is 314 g/mol. The molecule has 1 saturated carbocycles. The molecule has 5 nitrogen and oxygen atoms in total. The van der Waals surface area contributed by atoms with Crippen LogP contribution in [-0.4, -0.2) is 33.8 Å². The van der Waals surface area contributed by atoms with Gasteiger partial charge in [-0.1, -0.05) is 32.0 Å².